The third kappa shape index (κ3) is 5.62. The first-order chi connectivity index (χ1) is 16.9. The van der Waals surface area contributed by atoms with E-state index >= 15 is 0 Å². The van der Waals surface area contributed by atoms with E-state index < -0.39 is 0 Å². The zero-order valence-corrected chi connectivity index (χ0v) is 21.0. The Bertz CT molecular complexity index is 1320. The Hall–Kier alpha value is -3.04. The van der Waals surface area contributed by atoms with E-state index in [9.17, 15) is 4.79 Å². The van der Waals surface area contributed by atoms with Crippen LogP contribution in [-0.2, 0) is 4.79 Å². The van der Waals surface area contributed by atoms with Crippen molar-refractivity contribution >= 4 is 81.7 Å². The predicted octanol–water partition coefficient (Wildman–Crippen LogP) is 7.10. The molecule has 1 aromatic heterocycles. The van der Waals surface area contributed by atoms with E-state index in [0.29, 0.717) is 32.2 Å². The molecule has 11 heteroatoms. The maximum Gasteiger partial charge on any atom is 0.240 e. The number of halogens is 3. The van der Waals surface area contributed by atoms with Crippen LogP contribution in [0.15, 0.2) is 72.8 Å². The molecule has 2 heterocycles. The summed E-state index contributed by atoms with van der Waals surface area (Å²) in [7, 11) is 0. The molecule has 0 spiro atoms. The molecule has 1 saturated heterocycles. The number of benzene rings is 3. The summed E-state index contributed by atoms with van der Waals surface area (Å²) in [6.07, 6.45) is 0. The molecule has 35 heavy (non-hydrogen) atoms. The van der Waals surface area contributed by atoms with Gasteiger partial charge in [0.1, 0.15) is 5.37 Å². The van der Waals surface area contributed by atoms with E-state index in [4.69, 9.17) is 34.8 Å². The minimum Gasteiger partial charge on any atom is -0.324 e. The van der Waals surface area contributed by atoms with Crippen LogP contribution < -0.4 is 15.5 Å². The van der Waals surface area contributed by atoms with Gasteiger partial charge in [-0.25, -0.2) is 0 Å². The summed E-state index contributed by atoms with van der Waals surface area (Å²) in [5.74, 6) is 0.905. The highest BCUT2D eigenvalue weighted by atomic mass is 35.5. The fraction of sp³-hybridized carbons (Fsp3) is 0.0833. The van der Waals surface area contributed by atoms with Crippen molar-refractivity contribution in [1.29, 1.82) is 0 Å². The number of anilines is 5. The molecule has 1 aliphatic rings. The van der Waals surface area contributed by atoms with Crippen molar-refractivity contribution in [3.8, 4) is 0 Å². The first kappa shape index (κ1) is 23.7. The molecule has 0 radical (unpaired) electrons. The quantitative estimate of drug-likeness (QED) is 0.268. The monoisotopic (exact) mass is 542 g/mol. The fourth-order valence-corrected chi connectivity index (χ4v) is 5.15. The molecule has 1 aliphatic heterocycles. The van der Waals surface area contributed by atoms with Crippen molar-refractivity contribution < 1.29 is 4.79 Å². The SMILES string of the molecule is O=C1CSC(c2ccc(Cl)cc2)N1c1nc(Nc2cccc(Cl)c2)nc(Nc2cccc(Cl)c2)n1. The number of carbonyl (C=O) groups is 1. The van der Waals surface area contributed by atoms with Gasteiger partial charge < -0.3 is 10.6 Å². The van der Waals surface area contributed by atoms with Crippen LogP contribution in [-0.4, -0.2) is 26.6 Å². The topological polar surface area (TPSA) is 83.0 Å². The van der Waals surface area contributed by atoms with Crippen LogP contribution >= 0.6 is 46.6 Å². The fourth-order valence-electron chi connectivity index (χ4n) is 3.49. The molecule has 0 bridgehead atoms. The summed E-state index contributed by atoms with van der Waals surface area (Å²) in [6, 6.07) is 21.7. The van der Waals surface area contributed by atoms with Gasteiger partial charge >= 0.3 is 0 Å². The van der Waals surface area contributed by atoms with Crippen LogP contribution in [0.5, 0.6) is 0 Å². The Kier molecular flexibility index (Phi) is 6.97. The van der Waals surface area contributed by atoms with E-state index in [1.165, 1.54) is 11.8 Å². The average molecular weight is 544 g/mol. The summed E-state index contributed by atoms with van der Waals surface area (Å²) in [6.45, 7) is 0. The number of nitrogens with zero attached hydrogens (tertiary/aromatic N) is 4. The van der Waals surface area contributed by atoms with Crippen LogP contribution in [0.3, 0.4) is 0 Å². The second kappa shape index (κ2) is 10.3. The van der Waals surface area contributed by atoms with Gasteiger partial charge in [-0.05, 0) is 54.1 Å². The first-order valence-corrected chi connectivity index (χ1v) is 12.6. The molecule has 1 fully saturated rings. The van der Waals surface area contributed by atoms with E-state index in [-0.39, 0.29) is 29.1 Å². The second-order valence-corrected chi connectivity index (χ2v) is 9.91. The zero-order chi connectivity index (χ0) is 24.4. The molecular weight excluding hydrogens is 527 g/mol. The van der Waals surface area contributed by atoms with Gasteiger partial charge in [0.25, 0.3) is 0 Å². The predicted molar refractivity (Wildman–Crippen MR) is 143 cm³/mol. The molecule has 1 unspecified atom stereocenters. The van der Waals surface area contributed by atoms with Gasteiger partial charge in [0.2, 0.25) is 23.8 Å². The summed E-state index contributed by atoms with van der Waals surface area (Å²) in [4.78, 5) is 28.2. The first-order valence-electron chi connectivity index (χ1n) is 10.4. The van der Waals surface area contributed by atoms with E-state index in [2.05, 4.69) is 25.6 Å². The lowest BCUT2D eigenvalue weighted by atomic mass is 10.2. The van der Waals surface area contributed by atoms with Gasteiger partial charge in [-0.1, -0.05) is 59.1 Å². The summed E-state index contributed by atoms with van der Waals surface area (Å²) < 4.78 is 0. The van der Waals surface area contributed by atoms with Crippen LogP contribution in [0.1, 0.15) is 10.9 Å². The largest absolute Gasteiger partial charge is 0.324 e. The lowest BCUT2D eigenvalue weighted by Crippen LogP contribution is -2.30. The number of rotatable bonds is 6. The van der Waals surface area contributed by atoms with Crippen molar-refractivity contribution in [1.82, 2.24) is 15.0 Å². The molecule has 4 aromatic rings. The van der Waals surface area contributed by atoms with Crippen LogP contribution in [0.4, 0.5) is 29.2 Å². The molecule has 1 atom stereocenters. The van der Waals surface area contributed by atoms with Crippen molar-refractivity contribution in [2.24, 2.45) is 0 Å². The van der Waals surface area contributed by atoms with E-state index in [0.717, 1.165) is 5.56 Å². The molecule has 176 valence electrons. The molecule has 5 rings (SSSR count). The van der Waals surface area contributed by atoms with Crippen LogP contribution in [0, 0.1) is 0 Å². The number of thioether (sulfide) groups is 1. The van der Waals surface area contributed by atoms with Crippen LogP contribution in [0.2, 0.25) is 15.1 Å². The van der Waals surface area contributed by atoms with Gasteiger partial charge in [-0.15, -0.1) is 11.8 Å². The normalized spacial score (nSPS) is 15.3. The number of hydrogen-bond donors (Lipinski definition) is 2. The summed E-state index contributed by atoms with van der Waals surface area (Å²) >= 11 is 19.8. The minimum absolute atomic E-state index is 0.108. The van der Waals surface area contributed by atoms with Gasteiger partial charge in [0.05, 0.1) is 5.75 Å². The van der Waals surface area contributed by atoms with Gasteiger partial charge in [-0.2, -0.15) is 15.0 Å². The van der Waals surface area contributed by atoms with Gasteiger partial charge in [-0.3, -0.25) is 9.69 Å². The standard InChI is InChI=1S/C24H17Cl3N6OS/c25-15-9-7-14(8-10-15)21-33(20(34)13-35-21)24-31-22(28-18-5-1-3-16(26)11-18)30-23(32-24)29-19-6-2-4-17(27)12-19/h1-12,21H,13H2,(H2,28,29,30,31,32). The van der Waals surface area contributed by atoms with E-state index in [1.807, 2.05) is 36.4 Å². The van der Waals surface area contributed by atoms with Crippen molar-refractivity contribution in [2.45, 2.75) is 5.37 Å². The second-order valence-electron chi connectivity index (χ2n) is 7.53. The lowest BCUT2D eigenvalue weighted by Gasteiger charge is -2.23. The highest BCUT2D eigenvalue weighted by Crippen LogP contribution is 2.41. The highest BCUT2D eigenvalue weighted by molar-refractivity contribution is 8.00. The average Bonchev–Trinajstić information content (AvgIpc) is 3.21. The molecule has 3 aromatic carbocycles. The maximum atomic E-state index is 13.0. The molecule has 0 aliphatic carbocycles. The minimum atomic E-state index is -0.305. The Morgan fingerprint density at radius 2 is 1.34 bits per heavy atom. The molecular formula is C24H17Cl3N6OS. The summed E-state index contributed by atoms with van der Waals surface area (Å²) in [5.41, 5.74) is 2.30. The van der Waals surface area contributed by atoms with Gasteiger partial charge in [0, 0.05) is 26.4 Å². The Morgan fingerprint density at radius 3 is 1.89 bits per heavy atom. The number of amides is 1. The van der Waals surface area contributed by atoms with Gasteiger partial charge in [0.15, 0.2) is 0 Å². The Labute approximate surface area is 220 Å². The number of nitrogens with one attached hydrogen (secondary N) is 2. The summed E-state index contributed by atoms with van der Waals surface area (Å²) in [5, 5.41) is 7.74. The molecule has 7 nitrogen and oxygen atoms in total. The molecule has 0 saturated carbocycles. The molecule has 2 N–H and O–H groups in total. The highest BCUT2D eigenvalue weighted by Gasteiger charge is 2.36. The molecule has 1 amide bonds. The van der Waals surface area contributed by atoms with E-state index in [1.54, 1.807) is 41.3 Å². The third-order valence-corrected chi connectivity index (χ3v) is 6.96. The van der Waals surface area contributed by atoms with Crippen molar-refractivity contribution in [3.63, 3.8) is 0 Å². The zero-order valence-electron chi connectivity index (χ0n) is 18.0. The van der Waals surface area contributed by atoms with Crippen LogP contribution in [0.25, 0.3) is 0 Å². The Balaban J connectivity index is 1.55. The van der Waals surface area contributed by atoms with Crippen molar-refractivity contribution in [3.05, 3.63) is 93.4 Å². The third-order valence-electron chi connectivity index (χ3n) is 5.02. The lowest BCUT2D eigenvalue weighted by molar-refractivity contribution is -0.115. The van der Waals surface area contributed by atoms with Crippen molar-refractivity contribution in [2.75, 3.05) is 21.3 Å². The maximum absolute atomic E-state index is 13.0. The number of aromatic nitrogens is 3. The smallest absolute Gasteiger partial charge is 0.240 e. The number of carbonyl (C=O) groups excluding carboxylic acids is 1. The Morgan fingerprint density at radius 1 is 0.771 bits per heavy atom. The number of hydrogen-bond acceptors (Lipinski definition) is 7.